The van der Waals surface area contributed by atoms with Gasteiger partial charge in [-0.1, -0.05) is 25.1 Å². The van der Waals surface area contributed by atoms with E-state index in [1.807, 2.05) is 0 Å². The van der Waals surface area contributed by atoms with Gasteiger partial charge in [-0.25, -0.2) is 0 Å². The lowest BCUT2D eigenvalue weighted by molar-refractivity contribution is 0.229. The molecule has 0 spiro atoms. The third kappa shape index (κ3) is 2.22. The molecular formula is C14H22N2. The van der Waals surface area contributed by atoms with E-state index >= 15 is 0 Å². The maximum absolute atomic E-state index is 2.58. The van der Waals surface area contributed by atoms with Crippen molar-refractivity contribution in [1.82, 2.24) is 4.90 Å². The number of hydrogen-bond acceptors (Lipinski definition) is 2. The quantitative estimate of drug-likeness (QED) is 0.753. The summed E-state index contributed by atoms with van der Waals surface area (Å²) in [6.45, 7) is 6.94. The minimum Gasteiger partial charge on any atom is -0.363 e. The maximum Gasteiger partial charge on any atom is 0.0417 e. The Morgan fingerprint density at radius 2 is 1.88 bits per heavy atom. The van der Waals surface area contributed by atoms with Crippen molar-refractivity contribution in [3.63, 3.8) is 0 Å². The molecule has 1 fully saturated rings. The van der Waals surface area contributed by atoms with Crippen LogP contribution in [0.4, 0.5) is 5.69 Å². The van der Waals surface area contributed by atoms with E-state index in [1.54, 1.807) is 0 Å². The Bertz CT molecular complexity index is 323. The first-order valence-corrected chi connectivity index (χ1v) is 6.24. The van der Waals surface area contributed by atoms with Crippen molar-refractivity contribution in [2.24, 2.45) is 0 Å². The van der Waals surface area contributed by atoms with Gasteiger partial charge in [-0.2, -0.15) is 0 Å². The van der Waals surface area contributed by atoms with Crippen LogP contribution in [0.15, 0.2) is 30.3 Å². The molecule has 88 valence electrons. The Hall–Kier alpha value is -1.02. The van der Waals surface area contributed by atoms with Crippen molar-refractivity contribution < 1.29 is 0 Å². The number of likely N-dealkylation sites (N-methyl/N-ethyl adjacent to an activating group) is 1. The zero-order valence-corrected chi connectivity index (χ0v) is 10.6. The van der Waals surface area contributed by atoms with Gasteiger partial charge in [0.05, 0.1) is 0 Å². The fraction of sp³-hybridized carbons (Fsp3) is 0.571. The van der Waals surface area contributed by atoms with E-state index in [0.29, 0.717) is 12.1 Å². The molecule has 2 atom stereocenters. The molecule has 0 radical (unpaired) electrons. The average Bonchev–Trinajstić information content (AvgIpc) is 2.29. The van der Waals surface area contributed by atoms with Crippen LogP contribution in [-0.4, -0.2) is 37.1 Å². The Morgan fingerprint density at radius 3 is 2.50 bits per heavy atom. The molecule has 0 N–H and O–H groups in total. The lowest BCUT2D eigenvalue weighted by Gasteiger charge is -2.46. The molecule has 0 amide bonds. The SMILES string of the molecule is CCC1CN(C)CC(C)N1c1ccccc1. The smallest absolute Gasteiger partial charge is 0.0417 e. The molecule has 16 heavy (non-hydrogen) atoms. The lowest BCUT2D eigenvalue weighted by atomic mass is 10.0. The number of benzene rings is 1. The largest absolute Gasteiger partial charge is 0.363 e. The Labute approximate surface area is 98.9 Å². The van der Waals surface area contributed by atoms with Gasteiger partial charge in [0.1, 0.15) is 0 Å². The maximum atomic E-state index is 2.58. The highest BCUT2D eigenvalue weighted by Gasteiger charge is 2.29. The molecule has 0 aliphatic carbocycles. The van der Waals surface area contributed by atoms with Gasteiger partial charge in [-0.05, 0) is 32.5 Å². The van der Waals surface area contributed by atoms with Crippen LogP contribution in [-0.2, 0) is 0 Å². The van der Waals surface area contributed by atoms with Crippen molar-refractivity contribution in [3.8, 4) is 0 Å². The fourth-order valence-corrected chi connectivity index (χ4v) is 2.81. The van der Waals surface area contributed by atoms with E-state index in [-0.39, 0.29) is 0 Å². The van der Waals surface area contributed by atoms with Crippen LogP contribution >= 0.6 is 0 Å². The van der Waals surface area contributed by atoms with Crippen molar-refractivity contribution in [2.75, 3.05) is 25.0 Å². The van der Waals surface area contributed by atoms with Crippen molar-refractivity contribution in [3.05, 3.63) is 30.3 Å². The molecule has 0 bridgehead atoms. The van der Waals surface area contributed by atoms with E-state index < -0.39 is 0 Å². The number of anilines is 1. The third-order valence-electron chi connectivity index (χ3n) is 3.49. The number of para-hydroxylation sites is 1. The highest BCUT2D eigenvalue weighted by atomic mass is 15.3. The van der Waals surface area contributed by atoms with Gasteiger partial charge in [0.25, 0.3) is 0 Å². The van der Waals surface area contributed by atoms with Gasteiger partial charge >= 0.3 is 0 Å². The number of nitrogens with zero attached hydrogens (tertiary/aromatic N) is 2. The normalized spacial score (nSPS) is 27.1. The molecule has 2 unspecified atom stereocenters. The van der Waals surface area contributed by atoms with E-state index in [1.165, 1.54) is 18.7 Å². The first-order chi connectivity index (χ1) is 7.72. The van der Waals surface area contributed by atoms with Crippen molar-refractivity contribution >= 4 is 5.69 Å². The second-order valence-electron chi connectivity index (χ2n) is 4.88. The molecule has 1 aliphatic rings. The topological polar surface area (TPSA) is 6.48 Å². The van der Waals surface area contributed by atoms with E-state index in [9.17, 15) is 0 Å². The third-order valence-corrected chi connectivity index (χ3v) is 3.49. The zero-order chi connectivity index (χ0) is 11.5. The molecule has 1 saturated heterocycles. The fourth-order valence-electron chi connectivity index (χ4n) is 2.81. The molecule has 1 aliphatic heterocycles. The average molecular weight is 218 g/mol. The van der Waals surface area contributed by atoms with Crippen LogP contribution in [0.25, 0.3) is 0 Å². The predicted octanol–water partition coefficient (Wildman–Crippen LogP) is 2.61. The van der Waals surface area contributed by atoms with Gasteiger partial charge in [0, 0.05) is 30.9 Å². The van der Waals surface area contributed by atoms with Crippen LogP contribution < -0.4 is 4.90 Å². The molecule has 2 nitrogen and oxygen atoms in total. The summed E-state index contributed by atoms with van der Waals surface area (Å²) >= 11 is 0. The second kappa shape index (κ2) is 4.88. The minimum atomic E-state index is 0.603. The summed E-state index contributed by atoms with van der Waals surface area (Å²) in [4.78, 5) is 5.03. The number of hydrogen-bond donors (Lipinski definition) is 0. The minimum absolute atomic E-state index is 0.603. The molecule has 2 rings (SSSR count). The van der Waals surface area contributed by atoms with E-state index in [4.69, 9.17) is 0 Å². The molecule has 1 heterocycles. The molecule has 1 aromatic rings. The summed E-state index contributed by atoms with van der Waals surface area (Å²) in [7, 11) is 2.22. The second-order valence-corrected chi connectivity index (χ2v) is 4.88. The van der Waals surface area contributed by atoms with Gasteiger partial charge in [-0.15, -0.1) is 0 Å². The number of piperazine rings is 1. The van der Waals surface area contributed by atoms with E-state index in [2.05, 4.69) is 61.0 Å². The molecule has 1 aromatic carbocycles. The van der Waals surface area contributed by atoms with Gasteiger partial charge in [-0.3, -0.25) is 0 Å². The molecule has 0 saturated carbocycles. The van der Waals surface area contributed by atoms with Gasteiger partial charge < -0.3 is 9.80 Å². The summed E-state index contributed by atoms with van der Waals surface area (Å²) in [5.41, 5.74) is 1.37. The highest BCUT2D eigenvalue weighted by molar-refractivity contribution is 5.48. The van der Waals surface area contributed by atoms with Crippen LogP contribution in [0.2, 0.25) is 0 Å². The Morgan fingerprint density at radius 1 is 1.19 bits per heavy atom. The Balaban J connectivity index is 2.23. The van der Waals surface area contributed by atoms with Gasteiger partial charge in [0.15, 0.2) is 0 Å². The molecule has 0 aromatic heterocycles. The standard InChI is InChI=1S/C14H22N2/c1-4-13-11-15(3)10-12(2)16(13)14-8-6-5-7-9-14/h5-9,12-13H,4,10-11H2,1-3H3. The monoisotopic (exact) mass is 218 g/mol. The summed E-state index contributed by atoms with van der Waals surface area (Å²) < 4.78 is 0. The predicted molar refractivity (Wildman–Crippen MR) is 70.0 cm³/mol. The molecule has 2 heteroatoms. The summed E-state index contributed by atoms with van der Waals surface area (Å²) in [6.07, 6.45) is 1.21. The summed E-state index contributed by atoms with van der Waals surface area (Å²) in [6, 6.07) is 12.1. The van der Waals surface area contributed by atoms with Crippen molar-refractivity contribution in [1.29, 1.82) is 0 Å². The Kier molecular flexibility index (Phi) is 3.49. The van der Waals surface area contributed by atoms with Gasteiger partial charge in [0.2, 0.25) is 0 Å². The first-order valence-electron chi connectivity index (χ1n) is 6.24. The molecular weight excluding hydrogens is 196 g/mol. The zero-order valence-electron chi connectivity index (χ0n) is 10.6. The summed E-state index contributed by atoms with van der Waals surface area (Å²) in [5.74, 6) is 0. The first kappa shape index (κ1) is 11.5. The van der Waals surface area contributed by atoms with Crippen LogP contribution in [0.1, 0.15) is 20.3 Å². The van der Waals surface area contributed by atoms with Crippen LogP contribution in [0.3, 0.4) is 0 Å². The number of rotatable bonds is 2. The van der Waals surface area contributed by atoms with E-state index in [0.717, 1.165) is 6.54 Å². The summed E-state index contributed by atoms with van der Waals surface area (Å²) in [5, 5.41) is 0. The highest BCUT2D eigenvalue weighted by Crippen LogP contribution is 2.25. The van der Waals surface area contributed by atoms with Crippen LogP contribution in [0.5, 0.6) is 0 Å². The lowest BCUT2D eigenvalue weighted by Crippen LogP contribution is -2.56. The van der Waals surface area contributed by atoms with Crippen LogP contribution in [0, 0.1) is 0 Å². The van der Waals surface area contributed by atoms with Crippen molar-refractivity contribution in [2.45, 2.75) is 32.4 Å².